The van der Waals surface area contributed by atoms with Crippen LogP contribution in [0.5, 0.6) is 0 Å². The molecule has 0 aromatic rings. The number of hydrogen-bond acceptors (Lipinski definition) is 18. The van der Waals surface area contributed by atoms with Gasteiger partial charge >= 0.3 is 27.6 Å². The summed E-state index contributed by atoms with van der Waals surface area (Å²) in [6.45, 7) is 11.4. The van der Waals surface area contributed by atoms with Crippen molar-refractivity contribution in [2.45, 2.75) is 438 Å². The number of amides is 4. The fraction of sp³-hybridized carbons (Fsp3) is 0.886. The fourth-order valence-corrected chi connectivity index (χ4v) is 14.7. The second-order valence-electron chi connectivity index (χ2n) is 31.4. The Morgan fingerprint density at radius 2 is 0.605 bits per heavy atom. The Bertz CT molecular complexity index is 2290. The number of carbonyl (C=O) groups is 6. The monoisotopic (exact) mass is 1660 g/mol. The number of phosphoric ester groups is 2. The van der Waals surface area contributed by atoms with Crippen molar-refractivity contribution in [3.63, 3.8) is 0 Å². The van der Waals surface area contributed by atoms with Crippen molar-refractivity contribution in [3.8, 4) is 0 Å². The number of nitrogens with one attached hydrogen (secondary N) is 4. The molecule has 114 heavy (non-hydrogen) atoms. The number of carbonyl (C=O) groups excluding carboxylic acids is 6. The normalized spacial score (nSPS) is 14.4. The minimum atomic E-state index is -4.70. The number of aliphatic hydroxyl groups excluding tert-OH is 2. The molecule has 0 fully saturated rings. The van der Waals surface area contributed by atoms with Gasteiger partial charge in [-0.15, -0.1) is 0 Å². The van der Waals surface area contributed by atoms with Crippen LogP contribution in [0.1, 0.15) is 401 Å². The molecule has 670 valence electrons. The van der Waals surface area contributed by atoms with E-state index < -0.39 is 77.2 Å². The van der Waals surface area contributed by atoms with Crippen LogP contribution in [-0.2, 0) is 74.9 Å². The smallest absolute Gasteiger partial charge is 0.462 e. The van der Waals surface area contributed by atoms with Gasteiger partial charge in [-0.1, -0.05) is 271 Å². The molecule has 0 heterocycles. The first-order valence-electron chi connectivity index (χ1n) is 45.8. The maximum absolute atomic E-state index is 13.8. The predicted molar refractivity (Wildman–Crippen MR) is 458 cm³/mol. The van der Waals surface area contributed by atoms with Crippen LogP contribution in [0.4, 0.5) is 0 Å². The molecule has 24 nitrogen and oxygen atoms in total. The first-order chi connectivity index (χ1) is 55.2. The summed E-state index contributed by atoms with van der Waals surface area (Å²) in [6, 6.07) is -1.81. The highest BCUT2D eigenvalue weighted by molar-refractivity contribution is 7.47. The maximum atomic E-state index is 13.8. The molecule has 4 amide bonds. The third-order valence-corrected chi connectivity index (χ3v) is 22.1. The topological polar surface area (TPSA) is 339 Å². The molecule has 0 radical (unpaired) electrons. The number of aliphatic hydroxyl groups is 2. The van der Waals surface area contributed by atoms with E-state index >= 15 is 0 Å². The lowest BCUT2D eigenvalue weighted by Crippen LogP contribution is -2.43. The predicted octanol–water partition coefficient (Wildman–Crippen LogP) is 20.1. The van der Waals surface area contributed by atoms with Crippen molar-refractivity contribution in [2.24, 2.45) is 0 Å². The molecule has 8 N–H and O–H groups in total. The summed E-state index contributed by atoms with van der Waals surface area (Å²) in [5.74, 6) is -2.22. The van der Waals surface area contributed by atoms with E-state index in [2.05, 4.69) is 87.1 Å². The number of rotatable bonds is 87. The molecule has 0 bridgehead atoms. The Morgan fingerprint density at radius 1 is 0.316 bits per heavy atom. The Balaban J connectivity index is 5.44. The molecular weight excluding hydrogens is 1490 g/mol. The van der Waals surface area contributed by atoms with Gasteiger partial charge in [-0.05, 0) is 116 Å². The average Bonchev–Trinajstić information content (AvgIpc) is 0.904. The Kier molecular flexibility index (Phi) is 77.9. The zero-order valence-corrected chi connectivity index (χ0v) is 74.4. The molecule has 8 unspecified atom stereocenters. The first-order valence-corrected chi connectivity index (χ1v) is 48.8. The van der Waals surface area contributed by atoms with Crippen molar-refractivity contribution in [2.75, 3.05) is 65.9 Å². The standard InChI is InChI=1S/C88H168N4O20P2/c1-7-13-19-25-29-33-35-41-49-57-81(111-87(99)61-53-43-37-31-27-21-15-9-3)71-85(97)91-77(73-105-67-63-79(93)55-47-39-23-17-11-5)75-109-113(101,102)107-69-65-89-83(95)59-51-45-46-52-60-84(96)90-66-70-108-114(103,104)110-76-78(74-106-68-64-80(94)56-48-40-24-18-12-6)92-86(98)72-82(58-50-42-36-34-30-26-20-14-8-2)112-88(100)62-54-44-38-32-28-22-16-10-4/h31-32,37-38,77-82,93-94H,7-30,33-36,39-76H2,1-6H3,(H,89,95)(H,90,96)(H,91,97)(H,92,98)(H,101,102)(H,103,104)/b37-31-,38-32-. The number of phosphoric acid groups is 2. The van der Waals surface area contributed by atoms with Crippen LogP contribution in [0.15, 0.2) is 24.3 Å². The highest BCUT2D eigenvalue weighted by Crippen LogP contribution is 2.44. The van der Waals surface area contributed by atoms with Gasteiger partial charge in [0.2, 0.25) is 23.6 Å². The van der Waals surface area contributed by atoms with Crippen molar-refractivity contribution in [3.05, 3.63) is 24.3 Å². The molecule has 0 aliphatic heterocycles. The van der Waals surface area contributed by atoms with Crippen LogP contribution in [0.3, 0.4) is 0 Å². The number of hydrogen-bond donors (Lipinski definition) is 8. The molecule has 0 aliphatic carbocycles. The average molecular weight is 1660 g/mol. The summed E-state index contributed by atoms with van der Waals surface area (Å²) in [6.07, 6.45) is 54.5. The number of allylic oxidation sites excluding steroid dienone is 4. The van der Waals surface area contributed by atoms with Crippen molar-refractivity contribution < 1.29 is 94.9 Å². The van der Waals surface area contributed by atoms with E-state index in [-0.39, 0.29) is 115 Å². The minimum Gasteiger partial charge on any atom is -0.462 e. The van der Waals surface area contributed by atoms with Crippen LogP contribution in [0.2, 0.25) is 0 Å². The van der Waals surface area contributed by atoms with E-state index in [9.17, 15) is 57.9 Å². The van der Waals surface area contributed by atoms with Gasteiger partial charge in [0, 0.05) is 52.0 Å². The van der Waals surface area contributed by atoms with E-state index in [0.717, 1.165) is 167 Å². The molecule has 0 rings (SSSR count). The number of esters is 2. The van der Waals surface area contributed by atoms with Crippen LogP contribution < -0.4 is 21.3 Å². The fourth-order valence-electron chi connectivity index (χ4n) is 13.1. The summed E-state index contributed by atoms with van der Waals surface area (Å²) in [5, 5.41) is 32.3. The molecular formula is C88H168N4O20P2. The first kappa shape index (κ1) is 110. The number of ether oxygens (including phenoxy) is 4. The molecule has 0 aromatic heterocycles. The SMILES string of the molecule is CCCCC/C=C\CCCC(=O)OC(CCCCCCCCCCC)CC(=O)NC(COCCC(O)CCCCCCC)COP(=O)(O)OCCNC(=O)CCCCCCC(=O)NCCOP(=O)(O)OCC(COCCC(O)CCCCCCC)NC(=O)CC(CCCCCCCCCCC)OC(=O)CCC/C=C\CCCCC. The summed E-state index contributed by atoms with van der Waals surface area (Å²) in [7, 11) is -9.40. The highest BCUT2D eigenvalue weighted by atomic mass is 31.2. The van der Waals surface area contributed by atoms with Crippen molar-refractivity contribution >= 4 is 51.2 Å². The van der Waals surface area contributed by atoms with Gasteiger partial charge in [0.1, 0.15) is 12.2 Å². The zero-order chi connectivity index (χ0) is 83.9. The molecule has 0 spiro atoms. The summed E-state index contributed by atoms with van der Waals surface area (Å²) >= 11 is 0. The maximum Gasteiger partial charge on any atom is 0.472 e. The second-order valence-corrected chi connectivity index (χ2v) is 34.3. The lowest BCUT2D eigenvalue weighted by molar-refractivity contribution is -0.152. The Morgan fingerprint density at radius 3 is 0.939 bits per heavy atom. The van der Waals surface area contributed by atoms with Gasteiger partial charge in [-0.25, -0.2) is 9.13 Å². The van der Waals surface area contributed by atoms with Gasteiger partial charge in [0.25, 0.3) is 0 Å². The zero-order valence-electron chi connectivity index (χ0n) is 72.7. The van der Waals surface area contributed by atoms with E-state index in [1.165, 1.54) is 77.0 Å². The van der Waals surface area contributed by atoms with E-state index in [4.69, 9.17) is 37.0 Å². The molecule has 0 saturated carbocycles. The molecule has 0 aliphatic rings. The third-order valence-electron chi connectivity index (χ3n) is 20.1. The van der Waals surface area contributed by atoms with Crippen molar-refractivity contribution in [1.82, 2.24) is 21.3 Å². The van der Waals surface area contributed by atoms with Crippen LogP contribution in [-0.4, -0.2) is 158 Å². The number of unbranched alkanes of at least 4 members (excludes halogenated alkanes) is 35. The largest absolute Gasteiger partial charge is 0.472 e. The van der Waals surface area contributed by atoms with Crippen molar-refractivity contribution in [1.29, 1.82) is 0 Å². The summed E-state index contributed by atoms with van der Waals surface area (Å²) in [4.78, 5) is 101. The summed E-state index contributed by atoms with van der Waals surface area (Å²) in [5.41, 5.74) is 0. The van der Waals surface area contributed by atoms with E-state index in [1.54, 1.807) is 0 Å². The Labute approximate surface area is 691 Å². The van der Waals surface area contributed by atoms with Gasteiger partial charge in [0.15, 0.2) is 0 Å². The van der Waals surface area contributed by atoms with Gasteiger partial charge in [0.05, 0.1) is 76.8 Å². The lowest BCUT2D eigenvalue weighted by Gasteiger charge is -2.23. The highest BCUT2D eigenvalue weighted by Gasteiger charge is 2.29. The third kappa shape index (κ3) is 77.0. The molecule has 26 heteroatoms. The minimum absolute atomic E-state index is 0.0910. The lowest BCUT2D eigenvalue weighted by atomic mass is 10.0. The summed E-state index contributed by atoms with van der Waals surface area (Å²) < 4.78 is 71.1. The van der Waals surface area contributed by atoms with Gasteiger partial charge in [-0.3, -0.25) is 46.9 Å². The molecule has 0 saturated heterocycles. The Hall–Kier alpha value is -3.64. The van der Waals surface area contributed by atoms with Gasteiger partial charge < -0.3 is 60.2 Å². The van der Waals surface area contributed by atoms with E-state index in [0.29, 0.717) is 77.0 Å². The van der Waals surface area contributed by atoms with Gasteiger partial charge in [-0.2, -0.15) is 0 Å². The van der Waals surface area contributed by atoms with Crippen LogP contribution in [0, 0.1) is 0 Å². The quantitative estimate of drug-likeness (QED) is 0.0121. The van der Waals surface area contributed by atoms with Crippen LogP contribution >= 0.6 is 15.6 Å². The van der Waals surface area contributed by atoms with E-state index in [1.807, 2.05) is 0 Å². The van der Waals surface area contributed by atoms with Crippen LogP contribution in [0.25, 0.3) is 0 Å². The molecule has 0 aromatic carbocycles. The molecule has 8 atom stereocenters. The second kappa shape index (κ2) is 80.4.